The van der Waals surface area contributed by atoms with Gasteiger partial charge in [0.1, 0.15) is 11.6 Å². The minimum Gasteiger partial charge on any atom is -0.251 e. The van der Waals surface area contributed by atoms with Crippen LogP contribution in [-0.2, 0) is 6.42 Å². The van der Waals surface area contributed by atoms with Crippen LogP contribution >= 0.6 is 0 Å². The zero-order valence-corrected chi connectivity index (χ0v) is 6.49. The number of benzene rings is 1. The van der Waals surface area contributed by atoms with Gasteiger partial charge in [-0.1, -0.05) is 0 Å². The van der Waals surface area contributed by atoms with E-state index in [-0.39, 0.29) is 0 Å². The van der Waals surface area contributed by atoms with Gasteiger partial charge in [-0.25, -0.2) is 8.78 Å². The van der Waals surface area contributed by atoms with E-state index in [0.29, 0.717) is 18.4 Å². The Morgan fingerprint density at radius 1 is 1.00 bits per heavy atom. The number of aryl methyl sites for hydroxylation is 1. The summed E-state index contributed by atoms with van der Waals surface area (Å²) in [6, 6.07) is 3.25. The van der Waals surface area contributed by atoms with Crippen LogP contribution < -0.4 is 0 Å². The van der Waals surface area contributed by atoms with E-state index >= 15 is 0 Å². The molecule has 0 aliphatic rings. The summed E-state index contributed by atoms with van der Waals surface area (Å²) >= 11 is 0. The van der Waals surface area contributed by atoms with Crippen LogP contribution in [0.1, 0.15) is 12.0 Å². The van der Waals surface area contributed by atoms with Crippen LogP contribution in [0.25, 0.3) is 0 Å². The molecule has 0 unspecified atom stereocenters. The van der Waals surface area contributed by atoms with Crippen LogP contribution in [0, 0.1) is 11.6 Å². The van der Waals surface area contributed by atoms with Gasteiger partial charge in [0.15, 0.2) is 0 Å². The molecule has 0 aliphatic carbocycles. The second kappa shape index (κ2) is 4.14. The lowest BCUT2D eigenvalue weighted by molar-refractivity contribution is 0.472. The van der Waals surface area contributed by atoms with E-state index in [1.165, 1.54) is 12.1 Å². The average Bonchev–Trinajstić information content (AvgIpc) is 1.99. The topological polar surface area (TPSA) is 0 Å². The van der Waals surface area contributed by atoms with Crippen molar-refractivity contribution < 1.29 is 13.2 Å². The maximum atomic E-state index is 12.5. The molecule has 0 aliphatic heterocycles. The van der Waals surface area contributed by atoms with Gasteiger partial charge >= 0.3 is 0 Å². The molecule has 66 valence electrons. The van der Waals surface area contributed by atoms with Gasteiger partial charge in [-0.3, -0.25) is 4.39 Å². The Hall–Kier alpha value is -0.990. The highest BCUT2D eigenvalue weighted by Gasteiger charge is 1.99. The van der Waals surface area contributed by atoms with Crippen molar-refractivity contribution in [2.45, 2.75) is 12.8 Å². The van der Waals surface area contributed by atoms with Crippen molar-refractivity contribution in [3.05, 3.63) is 35.4 Å². The summed E-state index contributed by atoms with van der Waals surface area (Å²) in [6.45, 7) is -0.460. The summed E-state index contributed by atoms with van der Waals surface area (Å²) < 4.78 is 36.7. The van der Waals surface area contributed by atoms with Gasteiger partial charge in [-0.15, -0.1) is 0 Å². The molecule has 1 rings (SSSR count). The smallest absolute Gasteiger partial charge is 0.126 e. The summed E-state index contributed by atoms with van der Waals surface area (Å²) in [5.41, 5.74) is 0.505. The Bertz CT molecular complexity index is 238. The Morgan fingerprint density at radius 2 is 1.58 bits per heavy atom. The Balaban J connectivity index is 2.72. The molecule has 0 spiro atoms. The summed E-state index contributed by atoms with van der Waals surface area (Å²) in [7, 11) is 0. The standard InChI is InChI=1S/C9H9F3/c10-3-1-2-7-4-8(11)6-9(12)5-7/h4-6H,1-3H2. The molecule has 3 heteroatoms. The normalized spacial score (nSPS) is 10.2. The fourth-order valence-electron chi connectivity index (χ4n) is 1.03. The third-order valence-corrected chi connectivity index (χ3v) is 1.52. The maximum Gasteiger partial charge on any atom is 0.126 e. The predicted octanol–water partition coefficient (Wildman–Crippen LogP) is 2.87. The van der Waals surface area contributed by atoms with Gasteiger partial charge in [0.25, 0.3) is 0 Å². The summed E-state index contributed by atoms with van der Waals surface area (Å²) in [5.74, 6) is -1.22. The van der Waals surface area contributed by atoms with E-state index in [0.717, 1.165) is 6.07 Å². The molecule has 12 heavy (non-hydrogen) atoms. The Kier molecular flexibility index (Phi) is 3.14. The number of halogens is 3. The summed E-state index contributed by atoms with van der Waals surface area (Å²) in [4.78, 5) is 0. The van der Waals surface area contributed by atoms with Crippen molar-refractivity contribution in [1.29, 1.82) is 0 Å². The monoisotopic (exact) mass is 174 g/mol. The van der Waals surface area contributed by atoms with Gasteiger partial charge in [-0.05, 0) is 30.5 Å². The van der Waals surface area contributed by atoms with Crippen LogP contribution in [0.15, 0.2) is 18.2 Å². The first-order valence-corrected chi connectivity index (χ1v) is 3.73. The highest BCUT2D eigenvalue weighted by atomic mass is 19.1. The minimum absolute atomic E-state index is 0.308. The van der Waals surface area contributed by atoms with Crippen molar-refractivity contribution in [1.82, 2.24) is 0 Å². The number of hydrogen-bond donors (Lipinski definition) is 0. The Morgan fingerprint density at radius 3 is 2.08 bits per heavy atom. The second-order valence-corrected chi connectivity index (χ2v) is 2.57. The van der Waals surface area contributed by atoms with Crippen molar-refractivity contribution in [3.8, 4) is 0 Å². The molecule has 0 radical (unpaired) electrons. The molecule has 0 bridgehead atoms. The first kappa shape index (κ1) is 9.10. The van der Waals surface area contributed by atoms with Crippen molar-refractivity contribution >= 4 is 0 Å². The first-order chi connectivity index (χ1) is 5.72. The molecular weight excluding hydrogens is 165 g/mol. The molecule has 0 amide bonds. The molecule has 0 fully saturated rings. The molecule has 1 aromatic carbocycles. The third kappa shape index (κ3) is 2.57. The fraction of sp³-hybridized carbons (Fsp3) is 0.333. The Labute approximate surface area is 69.0 Å². The molecule has 1 aromatic rings. The van der Waals surface area contributed by atoms with E-state index in [9.17, 15) is 13.2 Å². The van der Waals surface area contributed by atoms with Gasteiger partial charge in [0.2, 0.25) is 0 Å². The van der Waals surface area contributed by atoms with E-state index in [1.807, 2.05) is 0 Å². The van der Waals surface area contributed by atoms with Gasteiger partial charge in [0.05, 0.1) is 6.67 Å². The van der Waals surface area contributed by atoms with Crippen LogP contribution in [0.4, 0.5) is 13.2 Å². The fourth-order valence-corrected chi connectivity index (χ4v) is 1.03. The van der Waals surface area contributed by atoms with Crippen LogP contribution in [0.2, 0.25) is 0 Å². The number of rotatable bonds is 3. The average molecular weight is 174 g/mol. The molecule has 0 atom stereocenters. The van der Waals surface area contributed by atoms with Crippen LogP contribution in [0.5, 0.6) is 0 Å². The molecule has 0 saturated heterocycles. The lowest BCUT2D eigenvalue weighted by atomic mass is 10.1. The van der Waals surface area contributed by atoms with E-state index in [1.54, 1.807) is 0 Å². The van der Waals surface area contributed by atoms with Gasteiger partial charge in [0, 0.05) is 6.07 Å². The minimum atomic E-state index is -0.608. The molecule has 0 saturated carbocycles. The first-order valence-electron chi connectivity index (χ1n) is 3.73. The summed E-state index contributed by atoms with van der Waals surface area (Å²) in [6.07, 6.45) is 0.689. The molecule has 0 aromatic heterocycles. The zero-order chi connectivity index (χ0) is 8.97. The lowest BCUT2D eigenvalue weighted by Crippen LogP contribution is -1.90. The third-order valence-electron chi connectivity index (χ3n) is 1.52. The highest BCUT2D eigenvalue weighted by molar-refractivity contribution is 5.17. The molecule has 0 N–H and O–H groups in total. The highest BCUT2D eigenvalue weighted by Crippen LogP contribution is 2.09. The van der Waals surface area contributed by atoms with Crippen LogP contribution in [0.3, 0.4) is 0 Å². The number of hydrogen-bond acceptors (Lipinski definition) is 0. The quantitative estimate of drug-likeness (QED) is 0.661. The van der Waals surface area contributed by atoms with E-state index in [4.69, 9.17) is 0 Å². The molecular formula is C9H9F3. The van der Waals surface area contributed by atoms with E-state index < -0.39 is 18.3 Å². The predicted molar refractivity (Wildman–Crippen MR) is 40.7 cm³/mol. The lowest BCUT2D eigenvalue weighted by Gasteiger charge is -1.98. The summed E-state index contributed by atoms with van der Waals surface area (Å²) in [5, 5.41) is 0. The SMILES string of the molecule is FCCCc1cc(F)cc(F)c1. The van der Waals surface area contributed by atoms with Gasteiger partial charge < -0.3 is 0 Å². The number of alkyl halides is 1. The largest absolute Gasteiger partial charge is 0.251 e. The molecule has 0 heterocycles. The van der Waals surface area contributed by atoms with Crippen LogP contribution in [-0.4, -0.2) is 6.67 Å². The van der Waals surface area contributed by atoms with Crippen molar-refractivity contribution in [2.75, 3.05) is 6.67 Å². The van der Waals surface area contributed by atoms with Crippen molar-refractivity contribution in [2.24, 2.45) is 0 Å². The zero-order valence-electron chi connectivity index (χ0n) is 6.49. The maximum absolute atomic E-state index is 12.5. The van der Waals surface area contributed by atoms with Crippen molar-refractivity contribution in [3.63, 3.8) is 0 Å². The van der Waals surface area contributed by atoms with Gasteiger partial charge in [-0.2, -0.15) is 0 Å². The molecule has 0 nitrogen and oxygen atoms in total. The second-order valence-electron chi connectivity index (χ2n) is 2.57. The van der Waals surface area contributed by atoms with E-state index in [2.05, 4.69) is 0 Å².